The highest BCUT2D eigenvalue weighted by Gasteiger charge is 2.37. The lowest BCUT2D eigenvalue weighted by atomic mass is 9.84. The zero-order valence-corrected chi connectivity index (χ0v) is 16.7. The van der Waals surface area contributed by atoms with E-state index in [0.29, 0.717) is 12.4 Å². The molecule has 0 saturated carbocycles. The molecule has 0 aliphatic carbocycles. The molecule has 1 aromatic carbocycles. The van der Waals surface area contributed by atoms with E-state index >= 15 is 0 Å². The average molecular weight is 377 g/mol. The van der Waals surface area contributed by atoms with Crippen molar-refractivity contribution in [2.24, 2.45) is 0 Å². The number of anilines is 1. The molecule has 7 nitrogen and oxygen atoms in total. The van der Waals surface area contributed by atoms with Crippen molar-refractivity contribution in [3.05, 3.63) is 58.5 Å². The molecule has 3 aromatic rings. The van der Waals surface area contributed by atoms with Crippen molar-refractivity contribution in [2.75, 3.05) is 19.1 Å². The molecule has 0 bridgehead atoms. The normalized spacial score (nSPS) is 16.2. The number of aryl methyl sites for hydroxylation is 3. The highest BCUT2D eigenvalue weighted by molar-refractivity contribution is 5.97. The number of hydrogen-bond donors (Lipinski definition) is 0. The molecule has 4 rings (SSSR count). The van der Waals surface area contributed by atoms with E-state index < -0.39 is 0 Å². The quantitative estimate of drug-likeness (QED) is 0.701. The summed E-state index contributed by atoms with van der Waals surface area (Å²) in [6, 6.07) is 9.74. The lowest BCUT2D eigenvalue weighted by Gasteiger charge is -2.30. The number of fused-ring (bicyclic) bond motifs is 1. The van der Waals surface area contributed by atoms with E-state index in [1.807, 2.05) is 51.1 Å². The van der Waals surface area contributed by atoms with Crippen molar-refractivity contribution < 1.29 is 9.53 Å². The van der Waals surface area contributed by atoms with Gasteiger partial charge < -0.3 is 4.74 Å². The first-order chi connectivity index (χ1) is 13.4. The number of nitrogens with zero attached hydrogens (tertiary/aromatic N) is 5. The van der Waals surface area contributed by atoms with Gasteiger partial charge in [0.15, 0.2) is 0 Å². The van der Waals surface area contributed by atoms with E-state index in [4.69, 9.17) is 9.84 Å². The molecule has 3 heterocycles. The van der Waals surface area contributed by atoms with E-state index in [1.54, 1.807) is 23.7 Å². The Labute approximate surface area is 164 Å². The van der Waals surface area contributed by atoms with Gasteiger partial charge in [0.1, 0.15) is 11.6 Å². The van der Waals surface area contributed by atoms with Gasteiger partial charge in [-0.3, -0.25) is 9.69 Å². The number of amides is 1. The minimum atomic E-state index is -0.130. The van der Waals surface area contributed by atoms with Crippen LogP contribution < -0.4 is 9.64 Å². The Hall–Kier alpha value is -3.22. The molecular formula is C21H23N5O2. The van der Waals surface area contributed by atoms with Crippen molar-refractivity contribution >= 4 is 11.7 Å². The van der Waals surface area contributed by atoms with Crippen LogP contribution in [0.3, 0.4) is 0 Å². The summed E-state index contributed by atoms with van der Waals surface area (Å²) in [6.45, 7) is 5.81. The monoisotopic (exact) mass is 377 g/mol. The van der Waals surface area contributed by atoms with Gasteiger partial charge in [-0.15, -0.1) is 0 Å². The summed E-state index contributed by atoms with van der Waals surface area (Å²) in [5.41, 5.74) is 4.56. The van der Waals surface area contributed by atoms with Gasteiger partial charge >= 0.3 is 0 Å². The predicted octanol–water partition coefficient (Wildman–Crippen LogP) is 3.09. The number of carbonyl (C=O) groups is 1. The SMILES string of the molecule is COc1ccccc1C1CC(=O)N(C)c2c1c(C)nn2-c1nc(C)cc(C)n1. The summed E-state index contributed by atoms with van der Waals surface area (Å²) in [7, 11) is 3.43. The number of hydrogen-bond acceptors (Lipinski definition) is 5. The fraction of sp³-hybridized carbons (Fsp3) is 0.333. The maximum Gasteiger partial charge on any atom is 0.252 e. The molecular weight excluding hydrogens is 354 g/mol. The Bertz CT molecular complexity index is 1050. The molecule has 0 N–H and O–H groups in total. The lowest BCUT2D eigenvalue weighted by molar-refractivity contribution is -0.118. The number of benzene rings is 1. The smallest absolute Gasteiger partial charge is 0.252 e. The van der Waals surface area contributed by atoms with E-state index in [1.165, 1.54) is 0 Å². The standard InChI is InChI=1S/C21H23N5O2/c1-12-10-13(2)23-21(22-12)26-20-19(14(3)24-26)16(11-18(27)25(20)4)15-8-6-7-9-17(15)28-5/h6-10,16H,11H2,1-5H3. The minimum Gasteiger partial charge on any atom is -0.496 e. The molecule has 1 atom stereocenters. The molecule has 0 fully saturated rings. The molecule has 0 saturated heterocycles. The van der Waals surface area contributed by atoms with E-state index in [2.05, 4.69) is 9.97 Å². The van der Waals surface area contributed by atoms with Crippen LogP contribution in [0.2, 0.25) is 0 Å². The van der Waals surface area contributed by atoms with Crippen molar-refractivity contribution in [2.45, 2.75) is 33.1 Å². The Balaban J connectivity index is 1.96. The summed E-state index contributed by atoms with van der Waals surface area (Å²) in [5.74, 6) is 1.85. The second-order valence-corrected chi connectivity index (χ2v) is 7.14. The van der Waals surface area contributed by atoms with Gasteiger partial charge in [-0.25, -0.2) is 9.97 Å². The average Bonchev–Trinajstić information content (AvgIpc) is 3.01. The third-order valence-electron chi connectivity index (χ3n) is 5.17. The van der Waals surface area contributed by atoms with Gasteiger partial charge in [0, 0.05) is 41.9 Å². The van der Waals surface area contributed by atoms with Crippen molar-refractivity contribution in [3.8, 4) is 11.7 Å². The number of para-hydroxylation sites is 1. The first kappa shape index (κ1) is 18.2. The van der Waals surface area contributed by atoms with Crippen LogP contribution in [-0.2, 0) is 4.79 Å². The first-order valence-corrected chi connectivity index (χ1v) is 9.22. The van der Waals surface area contributed by atoms with Crippen LogP contribution in [0.25, 0.3) is 5.95 Å². The van der Waals surface area contributed by atoms with E-state index in [-0.39, 0.29) is 11.8 Å². The maximum atomic E-state index is 12.9. The molecule has 144 valence electrons. The summed E-state index contributed by atoms with van der Waals surface area (Å²) in [4.78, 5) is 23.6. The van der Waals surface area contributed by atoms with Crippen LogP contribution in [0.4, 0.5) is 5.82 Å². The van der Waals surface area contributed by atoms with Crippen LogP contribution in [0.15, 0.2) is 30.3 Å². The summed E-state index contributed by atoms with van der Waals surface area (Å²) in [6.07, 6.45) is 0.365. The van der Waals surface area contributed by atoms with Gasteiger partial charge in [0.25, 0.3) is 5.95 Å². The van der Waals surface area contributed by atoms with Crippen LogP contribution in [-0.4, -0.2) is 39.8 Å². The number of aromatic nitrogens is 4. The zero-order valence-electron chi connectivity index (χ0n) is 16.7. The van der Waals surface area contributed by atoms with Crippen molar-refractivity contribution in [3.63, 3.8) is 0 Å². The van der Waals surface area contributed by atoms with Gasteiger partial charge in [-0.2, -0.15) is 9.78 Å². The molecule has 1 aliphatic rings. The molecule has 1 amide bonds. The molecule has 7 heteroatoms. The van der Waals surface area contributed by atoms with Crippen LogP contribution in [0, 0.1) is 20.8 Å². The Kier molecular flexibility index (Phi) is 4.37. The summed E-state index contributed by atoms with van der Waals surface area (Å²) >= 11 is 0. The van der Waals surface area contributed by atoms with Gasteiger partial charge in [-0.1, -0.05) is 18.2 Å². The summed E-state index contributed by atoms with van der Waals surface area (Å²) < 4.78 is 7.25. The van der Waals surface area contributed by atoms with Crippen molar-refractivity contribution in [1.82, 2.24) is 19.7 Å². The second kappa shape index (κ2) is 6.74. The molecule has 1 aliphatic heterocycles. The fourth-order valence-corrected chi connectivity index (χ4v) is 3.95. The van der Waals surface area contributed by atoms with Crippen LogP contribution in [0.1, 0.15) is 40.5 Å². The largest absolute Gasteiger partial charge is 0.496 e. The third-order valence-corrected chi connectivity index (χ3v) is 5.17. The highest BCUT2D eigenvalue weighted by Crippen LogP contribution is 2.44. The molecule has 1 unspecified atom stereocenters. The lowest BCUT2D eigenvalue weighted by Crippen LogP contribution is -2.35. The Morgan fingerprint density at radius 2 is 1.79 bits per heavy atom. The number of rotatable bonds is 3. The number of carbonyl (C=O) groups excluding carboxylic acids is 1. The van der Waals surface area contributed by atoms with Crippen LogP contribution >= 0.6 is 0 Å². The molecule has 2 aromatic heterocycles. The first-order valence-electron chi connectivity index (χ1n) is 9.22. The fourth-order valence-electron chi connectivity index (χ4n) is 3.95. The second-order valence-electron chi connectivity index (χ2n) is 7.14. The van der Waals surface area contributed by atoms with E-state index in [0.717, 1.165) is 39.8 Å². The minimum absolute atomic E-state index is 0.0222. The summed E-state index contributed by atoms with van der Waals surface area (Å²) in [5, 5.41) is 4.72. The van der Waals surface area contributed by atoms with E-state index in [9.17, 15) is 4.79 Å². The Morgan fingerprint density at radius 1 is 1.11 bits per heavy atom. The maximum absolute atomic E-state index is 12.9. The topological polar surface area (TPSA) is 73.1 Å². The molecule has 28 heavy (non-hydrogen) atoms. The third kappa shape index (κ3) is 2.83. The highest BCUT2D eigenvalue weighted by atomic mass is 16.5. The zero-order chi connectivity index (χ0) is 20.0. The van der Waals surface area contributed by atoms with Gasteiger partial charge in [-0.05, 0) is 32.9 Å². The number of ether oxygens (including phenoxy) is 1. The van der Waals surface area contributed by atoms with Gasteiger partial charge in [0.05, 0.1) is 12.8 Å². The Morgan fingerprint density at radius 3 is 2.46 bits per heavy atom. The van der Waals surface area contributed by atoms with Crippen LogP contribution in [0.5, 0.6) is 5.75 Å². The van der Waals surface area contributed by atoms with Crippen molar-refractivity contribution in [1.29, 1.82) is 0 Å². The molecule has 0 radical (unpaired) electrons. The molecule has 0 spiro atoms. The van der Waals surface area contributed by atoms with Gasteiger partial charge in [0.2, 0.25) is 5.91 Å². The number of methoxy groups -OCH3 is 1. The predicted molar refractivity (Wildman–Crippen MR) is 106 cm³/mol.